The lowest BCUT2D eigenvalue weighted by molar-refractivity contribution is 0.296. The fraction of sp³-hybridized carbons (Fsp3) is 0.417. The highest BCUT2D eigenvalue weighted by molar-refractivity contribution is 7.10. The molecule has 3 heterocycles. The van der Waals surface area contributed by atoms with Gasteiger partial charge in [0, 0.05) is 10.4 Å². The van der Waals surface area contributed by atoms with Crippen LogP contribution in [0.2, 0.25) is 0 Å². The van der Waals surface area contributed by atoms with Crippen LogP contribution < -0.4 is 0 Å². The summed E-state index contributed by atoms with van der Waals surface area (Å²) in [4.78, 5) is 5.74. The van der Waals surface area contributed by atoms with Gasteiger partial charge in [-0.2, -0.15) is 0 Å². The molecule has 2 aromatic rings. The van der Waals surface area contributed by atoms with E-state index in [1.807, 2.05) is 23.9 Å². The maximum atomic E-state index is 4.25. The van der Waals surface area contributed by atoms with Crippen LogP contribution in [0.25, 0.3) is 11.3 Å². The van der Waals surface area contributed by atoms with Crippen molar-refractivity contribution in [3.05, 3.63) is 28.8 Å². The molecule has 0 N–H and O–H groups in total. The molecular weight excluding hydrogens is 204 g/mol. The first-order chi connectivity index (χ1) is 7.09. The van der Waals surface area contributed by atoms with Crippen molar-refractivity contribution in [3.63, 3.8) is 0 Å². The third-order valence-electron chi connectivity index (χ3n) is 2.98. The molecule has 0 radical (unpaired) electrons. The largest absolute Gasteiger partial charge is 0.322 e. The third-order valence-corrected chi connectivity index (χ3v) is 3.95. The number of hydrogen-bond donors (Lipinski definition) is 0. The van der Waals surface area contributed by atoms with Gasteiger partial charge in [-0.1, -0.05) is 20.8 Å². The molecular formula is C12H14N2S. The van der Waals surface area contributed by atoms with Crippen LogP contribution >= 0.6 is 11.3 Å². The minimum absolute atomic E-state index is 0.242. The summed E-state index contributed by atoms with van der Waals surface area (Å²) >= 11 is 1.86. The molecule has 2 aromatic heterocycles. The van der Waals surface area contributed by atoms with Crippen LogP contribution in [0.3, 0.4) is 0 Å². The van der Waals surface area contributed by atoms with Crippen LogP contribution in [0.5, 0.6) is 0 Å². The van der Waals surface area contributed by atoms with Gasteiger partial charge in [-0.15, -0.1) is 11.3 Å². The Labute approximate surface area is 93.6 Å². The summed E-state index contributed by atoms with van der Waals surface area (Å²) in [5.41, 5.74) is 2.88. The molecule has 0 aromatic carbocycles. The lowest BCUT2D eigenvalue weighted by Gasteiger charge is -2.28. The summed E-state index contributed by atoms with van der Waals surface area (Å²) in [5, 5.41) is 2.18. The van der Waals surface area contributed by atoms with Gasteiger partial charge in [-0.05, 0) is 16.9 Å². The number of hydrogen-bond acceptors (Lipinski definition) is 2. The lowest BCUT2D eigenvalue weighted by atomic mass is 9.86. The molecule has 0 aliphatic carbocycles. The smallest absolute Gasteiger partial charge is 0.0957 e. The van der Waals surface area contributed by atoms with Gasteiger partial charge in [0.05, 0.1) is 24.3 Å². The fourth-order valence-electron chi connectivity index (χ4n) is 2.40. The zero-order chi connectivity index (χ0) is 10.6. The van der Waals surface area contributed by atoms with E-state index in [2.05, 4.69) is 41.8 Å². The van der Waals surface area contributed by atoms with Gasteiger partial charge in [0.25, 0.3) is 0 Å². The Bertz CT molecular complexity index is 461. The van der Waals surface area contributed by atoms with Crippen LogP contribution in [-0.2, 0) is 0 Å². The van der Waals surface area contributed by atoms with E-state index in [9.17, 15) is 0 Å². The number of fused-ring (bicyclic) bond motifs is 3. The van der Waals surface area contributed by atoms with Crippen molar-refractivity contribution in [2.45, 2.75) is 26.8 Å². The SMILES string of the molecule is CC(C)(C)[C@@H]1c2sccc2-c2cncn21. The first kappa shape index (κ1) is 9.16. The average Bonchev–Trinajstić information content (AvgIpc) is 2.67. The van der Waals surface area contributed by atoms with Crippen molar-refractivity contribution in [2.24, 2.45) is 5.41 Å². The Morgan fingerprint density at radius 2 is 2.20 bits per heavy atom. The second-order valence-corrected chi connectivity index (χ2v) is 6.10. The Morgan fingerprint density at radius 1 is 1.40 bits per heavy atom. The summed E-state index contributed by atoms with van der Waals surface area (Å²) in [6, 6.07) is 2.66. The first-order valence-corrected chi connectivity index (χ1v) is 6.06. The molecule has 0 saturated heterocycles. The van der Waals surface area contributed by atoms with Crippen LogP contribution in [0.15, 0.2) is 24.0 Å². The quantitative estimate of drug-likeness (QED) is 0.661. The average molecular weight is 218 g/mol. The van der Waals surface area contributed by atoms with Crippen LogP contribution in [0, 0.1) is 5.41 Å². The normalized spacial score (nSPS) is 19.0. The van der Waals surface area contributed by atoms with E-state index in [1.54, 1.807) is 0 Å². The van der Waals surface area contributed by atoms with Gasteiger partial charge in [0.2, 0.25) is 0 Å². The molecule has 0 unspecified atom stereocenters. The van der Waals surface area contributed by atoms with Gasteiger partial charge in [-0.25, -0.2) is 4.98 Å². The highest BCUT2D eigenvalue weighted by atomic mass is 32.1. The number of aromatic nitrogens is 2. The van der Waals surface area contributed by atoms with Crippen molar-refractivity contribution in [1.82, 2.24) is 9.55 Å². The number of thiophene rings is 1. The van der Waals surface area contributed by atoms with E-state index in [4.69, 9.17) is 0 Å². The summed E-state index contributed by atoms with van der Waals surface area (Å²) in [7, 11) is 0. The van der Waals surface area contributed by atoms with Gasteiger partial charge in [-0.3, -0.25) is 0 Å². The highest BCUT2D eigenvalue weighted by Gasteiger charge is 2.37. The summed E-state index contributed by atoms with van der Waals surface area (Å²) in [6.45, 7) is 6.86. The molecule has 0 spiro atoms. The molecule has 1 aliphatic rings. The summed E-state index contributed by atoms with van der Waals surface area (Å²) in [5.74, 6) is 0. The zero-order valence-electron chi connectivity index (χ0n) is 9.19. The fourth-order valence-corrected chi connectivity index (χ4v) is 3.65. The summed E-state index contributed by atoms with van der Waals surface area (Å²) < 4.78 is 2.31. The van der Waals surface area contributed by atoms with E-state index < -0.39 is 0 Å². The van der Waals surface area contributed by atoms with E-state index in [-0.39, 0.29) is 5.41 Å². The van der Waals surface area contributed by atoms with Crippen molar-refractivity contribution < 1.29 is 0 Å². The predicted octanol–water partition coefficient (Wildman–Crippen LogP) is 3.56. The Balaban J connectivity index is 2.28. The molecule has 3 rings (SSSR count). The Morgan fingerprint density at radius 3 is 2.93 bits per heavy atom. The van der Waals surface area contributed by atoms with Gasteiger partial charge in [0.1, 0.15) is 0 Å². The summed E-state index contributed by atoms with van der Waals surface area (Å²) in [6.07, 6.45) is 3.93. The molecule has 78 valence electrons. The molecule has 1 atom stereocenters. The van der Waals surface area contributed by atoms with E-state index in [0.717, 1.165) is 0 Å². The monoisotopic (exact) mass is 218 g/mol. The molecule has 0 fully saturated rings. The topological polar surface area (TPSA) is 17.8 Å². The second-order valence-electron chi connectivity index (χ2n) is 5.15. The Kier molecular flexibility index (Phi) is 1.67. The van der Waals surface area contributed by atoms with Gasteiger partial charge in [0.15, 0.2) is 0 Å². The van der Waals surface area contributed by atoms with Crippen LogP contribution in [0.4, 0.5) is 0 Å². The third kappa shape index (κ3) is 1.13. The number of rotatable bonds is 0. The maximum Gasteiger partial charge on any atom is 0.0957 e. The first-order valence-electron chi connectivity index (χ1n) is 5.18. The molecule has 3 heteroatoms. The van der Waals surface area contributed by atoms with Crippen molar-refractivity contribution >= 4 is 11.3 Å². The molecule has 0 amide bonds. The molecule has 15 heavy (non-hydrogen) atoms. The number of imidazole rings is 1. The van der Waals surface area contributed by atoms with Gasteiger partial charge >= 0.3 is 0 Å². The minimum Gasteiger partial charge on any atom is -0.322 e. The maximum absolute atomic E-state index is 4.25. The zero-order valence-corrected chi connectivity index (χ0v) is 10.0. The molecule has 2 nitrogen and oxygen atoms in total. The lowest BCUT2D eigenvalue weighted by Crippen LogP contribution is -2.21. The molecule has 0 bridgehead atoms. The van der Waals surface area contributed by atoms with Gasteiger partial charge < -0.3 is 4.57 Å². The highest BCUT2D eigenvalue weighted by Crippen LogP contribution is 2.49. The molecule has 1 aliphatic heterocycles. The van der Waals surface area contributed by atoms with E-state index in [0.29, 0.717) is 6.04 Å². The van der Waals surface area contributed by atoms with Crippen molar-refractivity contribution in [3.8, 4) is 11.3 Å². The van der Waals surface area contributed by atoms with Crippen molar-refractivity contribution in [1.29, 1.82) is 0 Å². The van der Waals surface area contributed by atoms with Crippen LogP contribution in [-0.4, -0.2) is 9.55 Å². The van der Waals surface area contributed by atoms with Crippen molar-refractivity contribution in [2.75, 3.05) is 0 Å². The predicted molar refractivity (Wildman–Crippen MR) is 63.1 cm³/mol. The minimum atomic E-state index is 0.242. The molecule has 0 saturated carbocycles. The van der Waals surface area contributed by atoms with Crippen LogP contribution in [0.1, 0.15) is 31.7 Å². The van der Waals surface area contributed by atoms with E-state index >= 15 is 0 Å². The second kappa shape index (κ2) is 2.73. The van der Waals surface area contributed by atoms with E-state index in [1.165, 1.54) is 16.1 Å². The standard InChI is InChI=1S/C12H14N2S/c1-12(2,3)11-10-8(4-5-15-10)9-6-13-7-14(9)11/h4-7,11H,1-3H3/t11-/m0/s1. The Hall–Kier alpha value is -1.09. The number of nitrogens with zero attached hydrogens (tertiary/aromatic N) is 2.